The molecule has 0 saturated heterocycles. The number of carbonyl (C=O) groups excluding carboxylic acids is 1. The maximum atomic E-state index is 12.4. The Hall–Kier alpha value is -2.23. The summed E-state index contributed by atoms with van der Waals surface area (Å²) in [5.74, 6) is 0.0576. The van der Waals surface area contributed by atoms with E-state index >= 15 is 0 Å². The molecule has 19 heavy (non-hydrogen) atoms. The van der Waals surface area contributed by atoms with Crippen LogP contribution >= 0.6 is 0 Å². The maximum absolute atomic E-state index is 12.4. The number of hydrogen-bond acceptors (Lipinski definition) is 2. The van der Waals surface area contributed by atoms with Gasteiger partial charge in [0, 0.05) is 29.7 Å². The predicted molar refractivity (Wildman–Crippen MR) is 77.0 cm³/mol. The second-order valence-electron chi connectivity index (χ2n) is 5.10. The molecule has 1 aromatic carbocycles. The van der Waals surface area contributed by atoms with Crippen LogP contribution in [0.25, 0.3) is 10.9 Å². The molecule has 0 spiro atoms. The van der Waals surface area contributed by atoms with Crippen molar-refractivity contribution in [2.45, 2.75) is 13.3 Å². The summed E-state index contributed by atoms with van der Waals surface area (Å²) in [7, 11) is 0. The highest BCUT2D eigenvalue weighted by atomic mass is 16.2. The number of rotatable bonds is 1. The molecule has 0 atom stereocenters. The third-order valence-electron chi connectivity index (χ3n) is 3.49. The number of carbonyl (C=O) groups is 1. The van der Waals surface area contributed by atoms with Gasteiger partial charge in [0.15, 0.2) is 0 Å². The van der Waals surface area contributed by atoms with Crippen LogP contribution in [0.2, 0.25) is 0 Å². The molecule has 0 fully saturated rings. The van der Waals surface area contributed by atoms with E-state index in [0.29, 0.717) is 11.4 Å². The van der Waals surface area contributed by atoms with Gasteiger partial charge in [-0.1, -0.05) is 11.6 Å². The zero-order valence-electron chi connectivity index (χ0n) is 10.9. The Bertz CT molecular complexity index is 669. The number of nitrogens with two attached hydrogens (primary N) is 1. The molecule has 0 saturated carbocycles. The summed E-state index contributed by atoms with van der Waals surface area (Å²) >= 11 is 0. The van der Waals surface area contributed by atoms with Crippen molar-refractivity contribution in [3.05, 3.63) is 41.6 Å². The van der Waals surface area contributed by atoms with Crippen LogP contribution in [0.1, 0.15) is 23.8 Å². The lowest BCUT2D eigenvalue weighted by molar-refractivity contribution is 0.0761. The highest BCUT2D eigenvalue weighted by Crippen LogP contribution is 2.20. The van der Waals surface area contributed by atoms with Gasteiger partial charge in [-0.2, -0.15) is 0 Å². The summed E-state index contributed by atoms with van der Waals surface area (Å²) in [5, 5.41) is 0.979. The van der Waals surface area contributed by atoms with Crippen molar-refractivity contribution in [1.82, 2.24) is 9.88 Å². The molecule has 3 N–H and O–H groups in total. The van der Waals surface area contributed by atoms with Crippen LogP contribution in [0.15, 0.2) is 35.9 Å². The van der Waals surface area contributed by atoms with E-state index in [1.165, 1.54) is 5.57 Å². The number of nitrogen functional groups attached to an aromatic ring is 1. The fourth-order valence-electron chi connectivity index (χ4n) is 2.52. The number of hydrogen-bond donors (Lipinski definition) is 2. The zero-order valence-corrected chi connectivity index (χ0v) is 10.9. The van der Waals surface area contributed by atoms with Crippen LogP contribution in [0.5, 0.6) is 0 Å². The first-order valence-electron chi connectivity index (χ1n) is 6.46. The van der Waals surface area contributed by atoms with Gasteiger partial charge in [-0.05, 0) is 37.6 Å². The van der Waals surface area contributed by atoms with E-state index < -0.39 is 0 Å². The van der Waals surface area contributed by atoms with E-state index in [4.69, 9.17) is 5.73 Å². The van der Waals surface area contributed by atoms with Crippen molar-refractivity contribution in [3.8, 4) is 0 Å². The number of amides is 1. The predicted octanol–water partition coefficient (Wildman–Crippen LogP) is 2.54. The van der Waals surface area contributed by atoms with Gasteiger partial charge in [0.05, 0.1) is 0 Å². The molecule has 0 bridgehead atoms. The highest BCUT2D eigenvalue weighted by molar-refractivity contribution is 5.98. The number of benzene rings is 1. The minimum absolute atomic E-state index is 0.0576. The molecule has 1 amide bonds. The van der Waals surface area contributed by atoms with Gasteiger partial charge in [0.1, 0.15) is 5.69 Å². The molecule has 1 aromatic heterocycles. The Balaban J connectivity index is 1.91. The standard InChI is InChI=1S/C15H17N3O/c1-10-3-2-6-18(9-10)15(19)14-8-11-7-12(16)4-5-13(11)17-14/h3-5,7-8,17H,2,6,9,16H2,1H3. The maximum Gasteiger partial charge on any atom is 0.270 e. The topological polar surface area (TPSA) is 62.1 Å². The quantitative estimate of drug-likeness (QED) is 0.607. The van der Waals surface area contributed by atoms with E-state index in [9.17, 15) is 4.79 Å². The Labute approximate surface area is 111 Å². The van der Waals surface area contributed by atoms with Crippen molar-refractivity contribution >= 4 is 22.5 Å². The number of aromatic nitrogens is 1. The summed E-state index contributed by atoms with van der Waals surface area (Å²) < 4.78 is 0. The SMILES string of the molecule is CC1=CCCN(C(=O)c2cc3cc(N)ccc3[nH]2)C1. The van der Waals surface area contributed by atoms with E-state index in [0.717, 1.165) is 30.4 Å². The molecule has 0 unspecified atom stereocenters. The van der Waals surface area contributed by atoms with E-state index in [-0.39, 0.29) is 5.91 Å². The van der Waals surface area contributed by atoms with Gasteiger partial charge in [-0.25, -0.2) is 0 Å². The number of nitrogens with zero attached hydrogens (tertiary/aromatic N) is 1. The first-order valence-corrected chi connectivity index (χ1v) is 6.46. The molecule has 3 rings (SSSR count). The fourth-order valence-corrected chi connectivity index (χ4v) is 2.52. The van der Waals surface area contributed by atoms with E-state index in [1.807, 2.05) is 29.2 Å². The Kier molecular flexibility index (Phi) is 2.78. The third-order valence-corrected chi connectivity index (χ3v) is 3.49. The molecule has 2 heterocycles. The zero-order chi connectivity index (χ0) is 13.4. The minimum atomic E-state index is 0.0576. The average molecular weight is 255 g/mol. The number of H-pyrrole nitrogens is 1. The molecule has 4 nitrogen and oxygen atoms in total. The van der Waals surface area contributed by atoms with Crippen LogP contribution in [-0.2, 0) is 0 Å². The van der Waals surface area contributed by atoms with Gasteiger partial charge >= 0.3 is 0 Å². The Morgan fingerprint density at radius 2 is 2.21 bits per heavy atom. The number of fused-ring (bicyclic) bond motifs is 1. The molecule has 2 aromatic rings. The van der Waals surface area contributed by atoms with Gasteiger partial charge in [0.25, 0.3) is 5.91 Å². The van der Waals surface area contributed by atoms with Crippen molar-refractivity contribution in [1.29, 1.82) is 0 Å². The normalized spacial score (nSPS) is 15.6. The number of aromatic amines is 1. The van der Waals surface area contributed by atoms with Crippen molar-refractivity contribution < 1.29 is 4.79 Å². The molecule has 0 radical (unpaired) electrons. The Morgan fingerprint density at radius 3 is 3.00 bits per heavy atom. The average Bonchev–Trinajstić information content (AvgIpc) is 2.80. The summed E-state index contributed by atoms with van der Waals surface area (Å²) in [4.78, 5) is 17.5. The molecule has 1 aliphatic heterocycles. The molecule has 0 aliphatic carbocycles. The Morgan fingerprint density at radius 1 is 1.37 bits per heavy atom. The van der Waals surface area contributed by atoms with Gasteiger partial charge < -0.3 is 15.6 Å². The van der Waals surface area contributed by atoms with Crippen molar-refractivity contribution in [2.24, 2.45) is 0 Å². The van der Waals surface area contributed by atoms with Crippen LogP contribution in [0.4, 0.5) is 5.69 Å². The first kappa shape index (κ1) is 11.8. The van der Waals surface area contributed by atoms with Gasteiger partial charge in [-0.3, -0.25) is 4.79 Å². The van der Waals surface area contributed by atoms with E-state index in [1.54, 1.807) is 0 Å². The lowest BCUT2D eigenvalue weighted by Crippen LogP contribution is -2.35. The van der Waals surface area contributed by atoms with Gasteiger partial charge in [0.2, 0.25) is 0 Å². The van der Waals surface area contributed by atoms with Crippen molar-refractivity contribution in [3.63, 3.8) is 0 Å². The third kappa shape index (κ3) is 2.21. The smallest absolute Gasteiger partial charge is 0.270 e. The van der Waals surface area contributed by atoms with Crippen LogP contribution in [0, 0.1) is 0 Å². The van der Waals surface area contributed by atoms with Gasteiger partial charge in [-0.15, -0.1) is 0 Å². The molecule has 1 aliphatic rings. The molecular formula is C15H17N3O. The van der Waals surface area contributed by atoms with Crippen molar-refractivity contribution in [2.75, 3.05) is 18.8 Å². The summed E-state index contributed by atoms with van der Waals surface area (Å²) in [6.45, 7) is 3.56. The summed E-state index contributed by atoms with van der Waals surface area (Å²) in [6, 6.07) is 7.50. The fraction of sp³-hybridized carbons (Fsp3) is 0.267. The first-order chi connectivity index (χ1) is 9.13. The summed E-state index contributed by atoms with van der Waals surface area (Å²) in [6.07, 6.45) is 3.13. The molecule has 4 heteroatoms. The number of nitrogens with one attached hydrogen (secondary N) is 1. The molecule has 98 valence electrons. The largest absolute Gasteiger partial charge is 0.399 e. The van der Waals surface area contributed by atoms with Crippen LogP contribution in [0.3, 0.4) is 0 Å². The van der Waals surface area contributed by atoms with Crippen LogP contribution in [-0.4, -0.2) is 28.9 Å². The second-order valence-corrected chi connectivity index (χ2v) is 5.10. The monoisotopic (exact) mass is 255 g/mol. The minimum Gasteiger partial charge on any atom is -0.399 e. The second kappa shape index (κ2) is 4.46. The number of anilines is 1. The van der Waals surface area contributed by atoms with E-state index in [2.05, 4.69) is 18.0 Å². The van der Waals surface area contributed by atoms with Crippen LogP contribution < -0.4 is 5.73 Å². The summed E-state index contributed by atoms with van der Waals surface area (Å²) in [5.41, 5.74) is 9.29. The lowest BCUT2D eigenvalue weighted by Gasteiger charge is -2.25. The molecular weight excluding hydrogens is 238 g/mol. The lowest BCUT2D eigenvalue weighted by atomic mass is 10.1. The highest BCUT2D eigenvalue weighted by Gasteiger charge is 2.19.